The third kappa shape index (κ3) is 6.72. The molecule has 3 aromatic rings. The Morgan fingerprint density at radius 1 is 1.10 bits per heavy atom. The van der Waals surface area contributed by atoms with Crippen LogP contribution in [-0.4, -0.2) is 39.1 Å². The summed E-state index contributed by atoms with van der Waals surface area (Å²) in [6.45, 7) is 8.44. The zero-order valence-corrected chi connectivity index (χ0v) is 23.3. The van der Waals surface area contributed by atoms with Crippen LogP contribution in [-0.2, 0) is 11.4 Å². The Labute approximate surface area is 234 Å². The molecule has 0 aliphatic carbocycles. The minimum absolute atomic E-state index is 0.0877. The van der Waals surface area contributed by atoms with Crippen LogP contribution < -0.4 is 9.47 Å². The molecule has 3 N–H and O–H groups in total. The van der Waals surface area contributed by atoms with Crippen molar-refractivity contribution in [2.45, 2.75) is 76.8 Å². The molecular formula is C33H37FO6. The van der Waals surface area contributed by atoms with Crippen LogP contribution in [0, 0.1) is 5.82 Å². The highest BCUT2D eigenvalue weighted by Gasteiger charge is 2.44. The summed E-state index contributed by atoms with van der Waals surface area (Å²) >= 11 is 0. The molecule has 0 fully saturated rings. The topological polar surface area (TPSA) is 96.2 Å². The summed E-state index contributed by atoms with van der Waals surface area (Å²) in [5, 5.41) is 29.4. The largest absolute Gasteiger partial charge is 0.484 e. The lowest BCUT2D eigenvalue weighted by Crippen LogP contribution is -2.29. The van der Waals surface area contributed by atoms with Gasteiger partial charge < -0.3 is 24.8 Å². The van der Waals surface area contributed by atoms with Gasteiger partial charge in [-0.3, -0.25) is 4.79 Å². The first-order valence-electron chi connectivity index (χ1n) is 13.5. The summed E-state index contributed by atoms with van der Waals surface area (Å²) in [6.07, 6.45) is 0.767. The highest BCUT2D eigenvalue weighted by Crippen LogP contribution is 2.56. The number of halogens is 1. The van der Waals surface area contributed by atoms with E-state index in [-0.39, 0.29) is 24.1 Å². The zero-order chi connectivity index (χ0) is 29.0. The van der Waals surface area contributed by atoms with E-state index in [1.807, 2.05) is 50.3 Å². The molecule has 40 heavy (non-hydrogen) atoms. The molecule has 1 aliphatic rings. The van der Waals surface area contributed by atoms with Crippen LogP contribution in [0.15, 0.2) is 72.8 Å². The molecule has 3 aromatic carbocycles. The van der Waals surface area contributed by atoms with Crippen molar-refractivity contribution >= 4 is 5.97 Å². The van der Waals surface area contributed by atoms with Crippen LogP contribution >= 0.6 is 0 Å². The molecule has 0 amide bonds. The van der Waals surface area contributed by atoms with Crippen LogP contribution in [0.5, 0.6) is 11.5 Å². The Morgan fingerprint density at radius 3 is 2.40 bits per heavy atom. The number of aliphatic hydroxyl groups excluding tert-OH is 2. The van der Waals surface area contributed by atoms with Crippen molar-refractivity contribution < 1.29 is 34.0 Å². The number of carbonyl (C=O) groups is 1. The third-order valence-corrected chi connectivity index (χ3v) is 7.18. The van der Waals surface area contributed by atoms with Gasteiger partial charge in [-0.05, 0) is 54.7 Å². The van der Waals surface area contributed by atoms with E-state index in [4.69, 9.17) is 14.6 Å². The number of rotatable bonds is 11. The fraction of sp³-hybridized carbons (Fsp3) is 0.364. The van der Waals surface area contributed by atoms with Crippen molar-refractivity contribution in [2.24, 2.45) is 0 Å². The maximum Gasteiger partial charge on any atom is 0.305 e. The average Bonchev–Trinajstić information content (AvgIpc) is 3.15. The summed E-state index contributed by atoms with van der Waals surface area (Å²) in [7, 11) is 0. The molecule has 212 valence electrons. The molecule has 6 nitrogen and oxygen atoms in total. The number of hydrogen-bond acceptors (Lipinski definition) is 5. The maximum atomic E-state index is 13.8. The van der Waals surface area contributed by atoms with E-state index in [1.165, 1.54) is 12.1 Å². The zero-order valence-electron chi connectivity index (χ0n) is 23.3. The van der Waals surface area contributed by atoms with Gasteiger partial charge in [-0.1, -0.05) is 68.5 Å². The minimum atomic E-state index is -1.15. The van der Waals surface area contributed by atoms with Gasteiger partial charge in [0, 0.05) is 23.5 Å². The van der Waals surface area contributed by atoms with Gasteiger partial charge in [0.25, 0.3) is 0 Å². The van der Waals surface area contributed by atoms with Gasteiger partial charge in [-0.15, -0.1) is 0 Å². The first kappa shape index (κ1) is 29.3. The van der Waals surface area contributed by atoms with Crippen LogP contribution in [0.3, 0.4) is 0 Å². The Balaban J connectivity index is 1.80. The normalized spacial score (nSPS) is 17.4. The van der Waals surface area contributed by atoms with Crippen molar-refractivity contribution in [1.82, 2.24) is 0 Å². The number of fused-ring (bicyclic) bond motifs is 1. The highest BCUT2D eigenvalue weighted by molar-refractivity contribution is 5.78. The fourth-order valence-corrected chi connectivity index (χ4v) is 5.17. The van der Waals surface area contributed by atoms with Crippen molar-refractivity contribution in [3.05, 3.63) is 95.3 Å². The molecule has 0 aromatic heterocycles. The van der Waals surface area contributed by atoms with E-state index in [1.54, 1.807) is 18.2 Å². The lowest BCUT2D eigenvalue weighted by molar-refractivity contribution is -0.139. The smallest absolute Gasteiger partial charge is 0.305 e. The number of benzene rings is 3. The van der Waals surface area contributed by atoms with E-state index in [0.717, 1.165) is 27.8 Å². The molecule has 1 heterocycles. The van der Waals surface area contributed by atoms with Crippen LogP contribution in [0.1, 0.15) is 69.1 Å². The summed E-state index contributed by atoms with van der Waals surface area (Å²) in [4.78, 5) is 10.9. The third-order valence-electron chi connectivity index (χ3n) is 7.18. The first-order valence-corrected chi connectivity index (χ1v) is 13.5. The molecule has 0 saturated heterocycles. The Kier molecular flexibility index (Phi) is 8.96. The second-order valence-electron chi connectivity index (χ2n) is 11.1. The van der Waals surface area contributed by atoms with Gasteiger partial charge in [0.15, 0.2) is 11.5 Å². The molecule has 3 unspecified atom stereocenters. The van der Waals surface area contributed by atoms with Gasteiger partial charge in [0.2, 0.25) is 0 Å². The lowest BCUT2D eigenvalue weighted by Gasteiger charge is -2.25. The number of hydrogen-bond donors (Lipinski definition) is 3. The molecule has 0 saturated carbocycles. The van der Waals surface area contributed by atoms with E-state index in [2.05, 4.69) is 19.9 Å². The van der Waals surface area contributed by atoms with Crippen molar-refractivity contribution in [3.63, 3.8) is 0 Å². The SMILES string of the molecule is CC(C)c1cc(-c2ccc(F)cc2)c(OCc2ccccc2)c2c1C(C=CC(O)CC(O)CC(=O)O)C(C)(C)O2. The van der Waals surface area contributed by atoms with Gasteiger partial charge in [-0.2, -0.15) is 0 Å². The molecule has 3 atom stereocenters. The summed E-state index contributed by atoms with van der Waals surface area (Å²) in [6, 6.07) is 18.2. The predicted octanol–water partition coefficient (Wildman–Crippen LogP) is 6.59. The molecule has 0 bridgehead atoms. The Bertz CT molecular complexity index is 1350. The van der Waals surface area contributed by atoms with E-state index in [9.17, 15) is 19.4 Å². The van der Waals surface area contributed by atoms with Gasteiger partial charge in [-0.25, -0.2) is 4.39 Å². The monoisotopic (exact) mass is 548 g/mol. The van der Waals surface area contributed by atoms with Crippen LogP contribution in [0.2, 0.25) is 0 Å². The number of aliphatic carboxylic acids is 1. The van der Waals surface area contributed by atoms with Crippen LogP contribution in [0.4, 0.5) is 4.39 Å². The quantitative estimate of drug-likeness (QED) is 0.234. The first-order chi connectivity index (χ1) is 19.0. The molecule has 7 heteroatoms. The van der Waals surface area contributed by atoms with E-state index < -0.39 is 30.2 Å². The summed E-state index contributed by atoms with van der Waals surface area (Å²) < 4.78 is 26.9. The molecule has 0 spiro atoms. The summed E-state index contributed by atoms with van der Waals surface area (Å²) in [5.74, 6) is -0.406. The standard InChI is InChI=1S/C33H37FO6/c1-20(2)26-18-27(22-10-12-23(34)13-11-22)31(39-19-21-8-6-5-7-9-21)32-30(26)28(33(3,4)40-32)15-14-24(35)16-25(36)17-29(37)38/h5-15,18,20,24-25,28,35-36H,16-17,19H2,1-4H3,(H,37,38). The van der Waals surface area contributed by atoms with Crippen LogP contribution in [0.25, 0.3) is 11.1 Å². The highest BCUT2D eigenvalue weighted by atomic mass is 19.1. The molecule has 0 radical (unpaired) electrons. The number of carboxylic acids is 1. The second-order valence-corrected chi connectivity index (χ2v) is 11.1. The molecule has 1 aliphatic heterocycles. The Morgan fingerprint density at radius 2 is 1.77 bits per heavy atom. The summed E-state index contributed by atoms with van der Waals surface area (Å²) in [5.41, 5.74) is 3.89. The number of aliphatic hydroxyl groups is 2. The van der Waals surface area contributed by atoms with Crippen molar-refractivity contribution in [1.29, 1.82) is 0 Å². The maximum absolute atomic E-state index is 13.8. The van der Waals surface area contributed by atoms with Crippen molar-refractivity contribution in [2.75, 3.05) is 0 Å². The average molecular weight is 549 g/mol. The molecule has 4 rings (SSSR count). The van der Waals surface area contributed by atoms with E-state index >= 15 is 0 Å². The van der Waals surface area contributed by atoms with Crippen molar-refractivity contribution in [3.8, 4) is 22.6 Å². The second kappa shape index (κ2) is 12.2. The van der Waals surface area contributed by atoms with E-state index in [0.29, 0.717) is 18.1 Å². The minimum Gasteiger partial charge on any atom is -0.484 e. The predicted molar refractivity (Wildman–Crippen MR) is 152 cm³/mol. The van der Waals surface area contributed by atoms with Gasteiger partial charge >= 0.3 is 5.97 Å². The molecular weight excluding hydrogens is 511 g/mol. The Hall–Kier alpha value is -3.68. The fourth-order valence-electron chi connectivity index (χ4n) is 5.17. The van der Waals surface area contributed by atoms with Gasteiger partial charge in [0.05, 0.1) is 18.6 Å². The lowest BCUT2D eigenvalue weighted by atomic mass is 9.80. The number of ether oxygens (including phenoxy) is 2. The van der Waals surface area contributed by atoms with Gasteiger partial charge in [0.1, 0.15) is 18.0 Å². The number of carboxylic acid groups (broad SMARTS) is 1.